The Morgan fingerprint density at radius 3 is 2.48 bits per heavy atom. The van der Waals surface area contributed by atoms with Gasteiger partial charge in [-0.1, -0.05) is 30.9 Å². The Morgan fingerprint density at radius 2 is 1.88 bits per heavy atom. The van der Waals surface area contributed by atoms with Crippen LogP contribution in [-0.4, -0.2) is 41.2 Å². The van der Waals surface area contributed by atoms with Crippen LogP contribution in [0.3, 0.4) is 0 Å². The van der Waals surface area contributed by atoms with Gasteiger partial charge in [0.25, 0.3) is 5.91 Å². The summed E-state index contributed by atoms with van der Waals surface area (Å²) in [6, 6.07) is 3.36. The van der Waals surface area contributed by atoms with E-state index in [4.69, 9.17) is 11.6 Å². The van der Waals surface area contributed by atoms with Gasteiger partial charge in [-0.3, -0.25) is 4.79 Å². The van der Waals surface area contributed by atoms with Crippen molar-refractivity contribution in [3.8, 4) is 5.75 Å². The Balaban J connectivity index is 0.000000275. The van der Waals surface area contributed by atoms with Crippen LogP contribution >= 0.6 is 11.6 Å². The zero-order valence-corrected chi connectivity index (χ0v) is 19.8. The lowest BCUT2D eigenvalue weighted by Gasteiger charge is -2.27. The number of benzene rings is 1. The number of carbonyl (C=O) groups excluding carboxylic acids is 1. The first-order chi connectivity index (χ1) is 15.6. The van der Waals surface area contributed by atoms with Crippen molar-refractivity contribution in [2.45, 2.75) is 71.6 Å². The van der Waals surface area contributed by atoms with Crippen molar-refractivity contribution < 1.29 is 19.4 Å². The highest BCUT2D eigenvalue weighted by atomic mass is 35.5. The lowest BCUT2D eigenvalue weighted by Crippen LogP contribution is -2.26. The van der Waals surface area contributed by atoms with E-state index in [1.807, 2.05) is 20.8 Å². The number of hydrogen-bond acceptors (Lipinski definition) is 5. The number of rotatable bonds is 1. The third-order valence-corrected chi connectivity index (χ3v) is 6.91. The summed E-state index contributed by atoms with van der Waals surface area (Å²) in [5.41, 5.74) is 3.52. The van der Waals surface area contributed by atoms with Crippen molar-refractivity contribution >= 4 is 23.2 Å². The van der Waals surface area contributed by atoms with Crippen LogP contribution in [-0.2, 0) is 13.1 Å². The molecule has 1 aliphatic heterocycles. The monoisotopic (exact) mass is 474 g/mol. The fourth-order valence-electron chi connectivity index (χ4n) is 4.43. The van der Waals surface area contributed by atoms with E-state index >= 15 is 0 Å². The van der Waals surface area contributed by atoms with E-state index in [0.717, 1.165) is 41.9 Å². The molecule has 3 aromatic rings. The van der Waals surface area contributed by atoms with Gasteiger partial charge < -0.3 is 15.1 Å². The Bertz CT molecular complexity index is 1220. The van der Waals surface area contributed by atoms with Crippen LogP contribution in [0.1, 0.15) is 72.0 Å². The Hall–Kier alpha value is -2.71. The summed E-state index contributed by atoms with van der Waals surface area (Å²) in [5, 5.41) is 24.3. The first-order valence-corrected chi connectivity index (χ1v) is 11.5. The number of phenolic OH excluding ortho intramolecular Hbond substituents is 1. The molecular weight excluding hydrogens is 447 g/mol. The third kappa shape index (κ3) is 4.68. The van der Waals surface area contributed by atoms with Gasteiger partial charge in [0.2, 0.25) is 0 Å². The lowest BCUT2D eigenvalue weighted by molar-refractivity contribution is 0.0225. The van der Waals surface area contributed by atoms with E-state index in [2.05, 4.69) is 10.1 Å². The van der Waals surface area contributed by atoms with Crippen molar-refractivity contribution in [2.75, 3.05) is 0 Å². The molecule has 1 amide bonds. The Labute approximate surface area is 196 Å². The average molecular weight is 475 g/mol. The molecule has 1 aromatic carbocycles. The maximum absolute atomic E-state index is 13.1. The number of phenols is 1. The number of carbonyl (C=O) groups is 1. The predicted octanol–water partition coefficient (Wildman–Crippen LogP) is 4.70. The fourth-order valence-corrected chi connectivity index (χ4v) is 4.55. The van der Waals surface area contributed by atoms with E-state index < -0.39 is 5.82 Å². The second kappa shape index (κ2) is 8.91. The molecule has 1 fully saturated rings. The van der Waals surface area contributed by atoms with Crippen LogP contribution in [0.15, 0.2) is 18.2 Å². The van der Waals surface area contributed by atoms with Gasteiger partial charge in [-0.2, -0.15) is 5.10 Å². The Morgan fingerprint density at radius 1 is 1.18 bits per heavy atom. The van der Waals surface area contributed by atoms with Crippen LogP contribution in [0.4, 0.5) is 4.39 Å². The van der Waals surface area contributed by atoms with Gasteiger partial charge in [0.1, 0.15) is 11.6 Å². The molecular formula is C24H28ClFN4O3. The summed E-state index contributed by atoms with van der Waals surface area (Å²) in [6.45, 7) is 6.24. The number of aryl methyl sites for hydroxylation is 2. The minimum Gasteiger partial charge on any atom is -0.507 e. The molecule has 5 rings (SSSR count). The smallest absolute Gasteiger partial charge is 0.258 e. The summed E-state index contributed by atoms with van der Waals surface area (Å²) in [6.07, 6.45) is 5.76. The van der Waals surface area contributed by atoms with Crippen molar-refractivity contribution in [3.05, 3.63) is 57.2 Å². The molecule has 0 spiro atoms. The van der Waals surface area contributed by atoms with Gasteiger partial charge in [-0.15, -0.1) is 0 Å². The van der Waals surface area contributed by atoms with Gasteiger partial charge >= 0.3 is 0 Å². The maximum Gasteiger partial charge on any atom is 0.258 e. The number of amides is 1. The zero-order valence-electron chi connectivity index (χ0n) is 19.0. The standard InChI is InChI=1S/C17H14ClFN4O2.C7H14O/c1-8-15(18)9(2)23-16(20-8)12-6-22(7-13(12)21-23)17(25)11-4-3-10(19)5-14(11)24;1-7(8)5-3-2-4-6-7/h3-5,24H,6-7H2,1-2H3;8H,2-6H2,1H3. The highest BCUT2D eigenvalue weighted by molar-refractivity contribution is 6.31. The molecule has 1 saturated carbocycles. The minimum atomic E-state index is -0.594. The van der Waals surface area contributed by atoms with E-state index in [-0.39, 0.29) is 22.8 Å². The average Bonchev–Trinajstić information content (AvgIpc) is 3.31. The highest BCUT2D eigenvalue weighted by Crippen LogP contribution is 2.31. The van der Waals surface area contributed by atoms with Crippen molar-refractivity contribution in [3.63, 3.8) is 0 Å². The van der Waals surface area contributed by atoms with E-state index in [0.29, 0.717) is 29.5 Å². The van der Waals surface area contributed by atoms with Gasteiger partial charge in [0.15, 0.2) is 5.65 Å². The summed E-state index contributed by atoms with van der Waals surface area (Å²) in [7, 11) is 0. The largest absolute Gasteiger partial charge is 0.507 e. The molecule has 2 aliphatic rings. The second-order valence-corrected chi connectivity index (χ2v) is 9.52. The highest BCUT2D eigenvalue weighted by Gasteiger charge is 2.31. The summed E-state index contributed by atoms with van der Waals surface area (Å²) in [5.74, 6) is -1.35. The number of aliphatic hydroxyl groups is 1. The predicted molar refractivity (Wildman–Crippen MR) is 123 cm³/mol. The molecule has 33 heavy (non-hydrogen) atoms. The number of fused-ring (bicyclic) bond motifs is 3. The van der Waals surface area contributed by atoms with Gasteiger partial charge in [-0.05, 0) is 45.7 Å². The molecule has 7 nitrogen and oxygen atoms in total. The number of aromatic hydroxyl groups is 1. The molecule has 176 valence electrons. The first-order valence-electron chi connectivity index (χ1n) is 11.1. The molecule has 1 aliphatic carbocycles. The maximum atomic E-state index is 13.1. The van der Waals surface area contributed by atoms with Crippen LogP contribution < -0.4 is 0 Å². The topological polar surface area (TPSA) is 91.0 Å². The van der Waals surface area contributed by atoms with E-state index in [1.165, 1.54) is 25.3 Å². The molecule has 0 bridgehead atoms. The molecule has 0 unspecified atom stereocenters. The first kappa shape index (κ1) is 23.4. The number of aromatic nitrogens is 3. The normalized spacial score (nSPS) is 17.0. The van der Waals surface area contributed by atoms with Gasteiger partial charge in [0.05, 0.1) is 46.4 Å². The molecule has 0 radical (unpaired) electrons. The SMILES string of the molecule is CC1(O)CCCCC1.Cc1nc2c3c(nn2c(C)c1Cl)CN(C(=O)c1ccc(F)cc1O)C3. The Kier molecular flexibility index (Phi) is 6.33. The number of hydrogen-bond donors (Lipinski definition) is 2. The molecule has 2 aromatic heterocycles. The van der Waals surface area contributed by atoms with Crippen LogP contribution in [0.2, 0.25) is 5.02 Å². The van der Waals surface area contributed by atoms with Crippen LogP contribution in [0, 0.1) is 19.7 Å². The number of halogens is 2. The van der Waals surface area contributed by atoms with Crippen molar-refractivity contribution in [2.24, 2.45) is 0 Å². The summed E-state index contributed by atoms with van der Waals surface area (Å²) >= 11 is 6.22. The van der Waals surface area contributed by atoms with Crippen LogP contribution in [0.5, 0.6) is 5.75 Å². The van der Waals surface area contributed by atoms with Gasteiger partial charge in [0, 0.05) is 11.6 Å². The number of nitrogens with zero attached hydrogens (tertiary/aromatic N) is 4. The molecule has 0 saturated heterocycles. The molecule has 0 atom stereocenters. The molecule has 2 N–H and O–H groups in total. The zero-order chi connectivity index (χ0) is 23.9. The van der Waals surface area contributed by atoms with Crippen molar-refractivity contribution in [1.29, 1.82) is 0 Å². The van der Waals surface area contributed by atoms with Gasteiger partial charge in [-0.25, -0.2) is 13.9 Å². The fraction of sp³-hybridized carbons (Fsp3) is 0.458. The second-order valence-electron chi connectivity index (χ2n) is 9.14. The lowest BCUT2D eigenvalue weighted by atomic mass is 9.87. The summed E-state index contributed by atoms with van der Waals surface area (Å²) in [4.78, 5) is 18.7. The van der Waals surface area contributed by atoms with Crippen molar-refractivity contribution in [1.82, 2.24) is 19.5 Å². The minimum absolute atomic E-state index is 0.0619. The molecule has 9 heteroatoms. The van der Waals surface area contributed by atoms with E-state index in [1.54, 1.807) is 9.42 Å². The molecule has 3 heterocycles. The third-order valence-electron chi connectivity index (χ3n) is 6.36. The summed E-state index contributed by atoms with van der Waals surface area (Å²) < 4.78 is 14.8. The van der Waals surface area contributed by atoms with E-state index in [9.17, 15) is 19.4 Å². The quantitative estimate of drug-likeness (QED) is 0.533. The van der Waals surface area contributed by atoms with Crippen LogP contribution in [0.25, 0.3) is 5.65 Å².